The summed E-state index contributed by atoms with van der Waals surface area (Å²) in [6.45, 7) is 0. The second-order valence-electron chi connectivity index (χ2n) is 12.6. The fourth-order valence-corrected chi connectivity index (χ4v) is 7.67. The molecule has 10 rings (SSSR count). The number of para-hydroxylation sites is 4. The van der Waals surface area contributed by atoms with Crippen molar-refractivity contribution in [2.45, 2.75) is 0 Å². The average Bonchev–Trinajstić information content (AvgIpc) is 3.68. The van der Waals surface area contributed by atoms with Gasteiger partial charge in [0.1, 0.15) is 0 Å². The molecular weight excluding hydrogens is 581 g/mol. The molecule has 0 aliphatic rings. The molecule has 2 heterocycles. The molecule has 0 fully saturated rings. The van der Waals surface area contributed by atoms with Crippen molar-refractivity contribution in [2.24, 2.45) is 0 Å². The molecule has 0 bridgehead atoms. The lowest BCUT2D eigenvalue weighted by Gasteiger charge is -2.16. The molecule has 0 N–H and O–H groups in total. The van der Waals surface area contributed by atoms with Crippen LogP contribution >= 0.6 is 0 Å². The van der Waals surface area contributed by atoms with Gasteiger partial charge in [-0.1, -0.05) is 127 Å². The standard InChI is InChI=1S/C46H30N2/c1-2-13-32-26-35(25-24-31(32)12-1)33-14-11-15-34(27-33)36-28-37(47-43-20-7-3-16-39(43)40-17-4-8-21-44(40)47)30-38(29-36)48-45-22-9-5-18-41(45)42-19-6-10-23-46(42)48/h1-30H. The van der Waals surface area contributed by atoms with Crippen molar-refractivity contribution < 1.29 is 0 Å². The highest BCUT2D eigenvalue weighted by Gasteiger charge is 2.17. The SMILES string of the molecule is c1cc(-c2cc(-n3c4ccccc4c4ccccc43)cc(-n3c4ccccc4c4ccccc43)c2)cc(-c2ccc3ccccc3c2)c1. The van der Waals surface area contributed by atoms with E-state index in [9.17, 15) is 0 Å². The summed E-state index contributed by atoms with van der Waals surface area (Å²) in [5, 5.41) is 7.55. The Morgan fingerprint density at radius 2 is 0.667 bits per heavy atom. The minimum Gasteiger partial charge on any atom is -0.309 e. The molecule has 2 heteroatoms. The molecule has 2 aromatic heterocycles. The third kappa shape index (κ3) is 4.13. The molecule has 2 nitrogen and oxygen atoms in total. The van der Waals surface area contributed by atoms with Gasteiger partial charge in [-0.15, -0.1) is 0 Å². The molecule has 10 aromatic rings. The third-order valence-electron chi connectivity index (χ3n) is 9.86. The lowest BCUT2D eigenvalue weighted by atomic mass is 9.96. The number of nitrogens with zero attached hydrogens (tertiary/aromatic N) is 2. The number of hydrogen-bond donors (Lipinski definition) is 0. The highest BCUT2D eigenvalue weighted by Crippen LogP contribution is 2.38. The molecule has 0 aliphatic carbocycles. The van der Waals surface area contributed by atoms with Crippen molar-refractivity contribution in [3.63, 3.8) is 0 Å². The summed E-state index contributed by atoms with van der Waals surface area (Å²) in [5.74, 6) is 0. The fourth-order valence-electron chi connectivity index (χ4n) is 7.67. The predicted octanol–water partition coefficient (Wildman–Crippen LogP) is 12.4. The van der Waals surface area contributed by atoms with Crippen molar-refractivity contribution in [3.05, 3.63) is 182 Å². The summed E-state index contributed by atoms with van der Waals surface area (Å²) in [4.78, 5) is 0. The third-order valence-corrected chi connectivity index (χ3v) is 9.86. The molecule has 0 aliphatic heterocycles. The monoisotopic (exact) mass is 610 g/mol. The predicted molar refractivity (Wildman–Crippen MR) is 203 cm³/mol. The first-order chi connectivity index (χ1) is 23.8. The van der Waals surface area contributed by atoms with Crippen LogP contribution in [0.4, 0.5) is 0 Å². The van der Waals surface area contributed by atoms with Gasteiger partial charge in [-0.2, -0.15) is 0 Å². The molecule has 0 saturated heterocycles. The van der Waals surface area contributed by atoms with E-state index in [4.69, 9.17) is 0 Å². The van der Waals surface area contributed by atoms with Crippen molar-refractivity contribution >= 4 is 54.4 Å². The van der Waals surface area contributed by atoms with E-state index in [-0.39, 0.29) is 0 Å². The minimum absolute atomic E-state index is 1.14. The zero-order valence-electron chi connectivity index (χ0n) is 26.2. The van der Waals surface area contributed by atoms with Crippen LogP contribution in [0.3, 0.4) is 0 Å². The Bertz CT molecular complexity index is 2610. The number of fused-ring (bicyclic) bond motifs is 7. The van der Waals surface area contributed by atoms with Gasteiger partial charge in [0, 0.05) is 32.9 Å². The fraction of sp³-hybridized carbons (Fsp3) is 0. The first kappa shape index (κ1) is 26.8. The van der Waals surface area contributed by atoms with E-state index >= 15 is 0 Å². The van der Waals surface area contributed by atoms with Gasteiger partial charge in [0.15, 0.2) is 0 Å². The topological polar surface area (TPSA) is 9.86 Å². The second-order valence-corrected chi connectivity index (χ2v) is 12.6. The molecule has 0 atom stereocenters. The van der Waals surface area contributed by atoms with Crippen LogP contribution in [-0.4, -0.2) is 9.13 Å². The van der Waals surface area contributed by atoms with Gasteiger partial charge in [-0.05, 0) is 87.6 Å². The summed E-state index contributed by atoms with van der Waals surface area (Å²) in [6.07, 6.45) is 0. The van der Waals surface area contributed by atoms with Crippen LogP contribution in [0.5, 0.6) is 0 Å². The number of aromatic nitrogens is 2. The minimum atomic E-state index is 1.14. The number of hydrogen-bond acceptors (Lipinski definition) is 0. The molecule has 0 radical (unpaired) electrons. The summed E-state index contributed by atoms with van der Waals surface area (Å²) < 4.78 is 4.86. The molecule has 224 valence electrons. The maximum absolute atomic E-state index is 2.43. The Kier molecular flexibility index (Phi) is 5.91. The Balaban J connectivity index is 1.26. The summed E-state index contributed by atoms with van der Waals surface area (Å²) in [7, 11) is 0. The van der Waals surface area contributed by atoms with Crippen LogP contribution in [0, 0.1) is 0 Å². The molecular formula is C46H30N2. The Morgan fingerprint density at radius 1 is 0.250 bits per heavy atom. The van der Waals surface area contributed by atoms with Crippen molar-refractivity contribution in [2.75, 3.05) is 0 Å². The Hall–Kier alpha value is -6.38. The van der Waals surface area contributed by atoms with E-state index in [2.05, 4.69) is 191 Å². The van der Waals surface area contributed by atoms with Gasteiger partial charge < -0.3 is 9.13 Å². The van der Waals surface area contributed by atoms with Crippen LogP contribution in [0.25, 0.3) is 88.0 Å². The van der Waals surface area contributed by atoms with E-state index in [1.165, 1.54) is 76.6 Å². The first-order valence-electron chi connectivity index (χ1n) is 16.5. The van der Waals surface area contributed by atoms with Gasteiger partial charge in [-0.25, -0.2) is 0 Å². The molecule has 0 unspecified atom stereocenters. The smallest absolute Gasteiger partial charge is 0.0541 e. The first-order valence-corrected chi connectivity index (χ1v) is 16.5. The van der Waals surface area contributed by atoms with Crippen molar-refractivity contribution in [3.8, 4) is 33.6 Å². The van der Waals surface area contributed by atoms with Crippen LogP contribution in [0.2, 0.25) is 0 Å². The van der Waals surface area contributed by atoms with Crippen LogP contribution in [0.15, 0.2) is 182 Å². The van der Waals surface area contributed by atoms with E-state index in [1.54, 1.807) is 0 Å². The average molecular weight is 611 g/mol. The van der Waals surface area contributed by atoms with Crippen LogP contribution in [0.1, 0.15) is 0 Å². The van der Waals surface area contributed by atoms with E-state index in [1.807, 2.05) is 0 Å². The highest BCUT2D eigenvalue weighted by atomic mass is 15.0. The highest BCUT2D eigenvalue weighted by molar-refractivity contribution is 6.10. The second kappa shape index (κ2) is 10.6. The number of rotatable bonds is 4. The van der Waals surface area contributed by atoms with Gasteiger partial charge in [-0.3, -0.25) is 0 Å². The van der Waals surface area contributed by atoms with Gasteiger partial charge in [0.05, 0.1) is 22.1 Å². The summed E-state index contributed by atoms with van der Waals surface area (Å²) in [6, 6.07) is 66.4. The van der Waals surface area contributed by atoms with E-state index in [0.29, 0.717) is 0 Å². The maximum atomic E-state index is 2.43. The van der Waals surface area contributed by atoms with Crippen LogP contribution in [-0.2, 0) is 0 Å². The molecule has 48 heavy (non-hydrogen) atoms. The largest absolute Gasteiger partial charge is 0.309 e. The van der Waals surface area contributed by atoms with Gasteiger partial charge >= 0.3 is 0 Å². The Morgan fingerprint density at radius 3 is 1.19 bits per heavy atom. The lowest BCUT2D eigenvalue weighted by Crippen LogP contribution is -2.00. The van der Waals surface area contributed by atoms with Gasteiger partial charge in [0.2, 0.25) is 0 Å². The van der Waals surface area contributed by atoms with Gasteiger partial charge in [0.25, 0.3) is 0 Å². The number of benzene rings is 8. The molecule has 8 aromatic carbocycles. The van der Waals surface area contributed by atoms with Crippen molar-refractivity contribution in [1.29, 1.82) is 0 Å². The zero-order valence-corrected chi connectivity index (χ0v) is 26.2. The maximum Gasteiger partial charge on any atom is 0.0541 e. The quantitative estimate of drug-likeness (QED) is 0.188. The summed E-state index contributed by atoms with van der Waals surface area (Å²) in [5.41, 5.74) is 11.9. The molecule has 0 saturated carbocycles. The van der Waals surface area contributed by atoms with E-state index in [0.717, 1.165) is 11.4 Å². The normalized spacial score (nSPS) is 11.8. The zero-order chi connectivity index (χ0) is 31.6. The molecule has 0 amide bonds. The van der Waals surface area contributed by atoms with Crippen LogP contribution < -0.4 is 0 Å². The lowest BCUT2D eigenvalue weighted by molar-refractivity contribution is 1.13. The summed E-state index contributed by atoms with van der Waals surface area (Å²) >= 11 is 0. The van der Waals surface area contributed by atoms with E-state index < -0.39 is 0 Å². The molecule has 0 spiro atoms. The Labute approximate surface area is 278 Å². The van der Waals surface area contributed by atoms with Crippen molar-refractivity contribution in [1.82, 2.24) is 9.13 Å².